The van der Waals surface area contributed by atoms with Crippen LogP contribution in [0.2, 0.25) is 0 Å². The van der Waals surface area contributed by atoms with Crippen LogP contribution in [0.25, 0.3) is 0 Å². The van der Waals surface area contributed by atoms with Crippen molar-refractivity contribution in [3.05, 3.63) is 82.2 Å². The molecule has 1 heterocycles. The highest BCUT2D eigenvalue weighted by atomic mass is 32.2. The summed E-state index contributed by atoms with van der Waals surface area (Å²) in [4.78, 5) is 120. The molecule has 0 aliphatic carbocycles. The molecule has 0 aliphatic rings. The Hall–Kier alpha value is -8.33. The van der Waals surface area contributed by atoms with Gasteiger partial charge >= 0.3 is 12.2 Å². The lowest BCUT2D eigenvalue weighted by molar-refractivity contribution is -0.384. The Morgan fingerprint density at radius 1 is 0.659 bits per heavy atom. The van der Waals surface area contributed by atoms with Crippen molar-refractivity contribution < 1.29 is 99.1 Å². The summed E-state index contributed by atoms with van der Waals surface area (Å²) in [7, 11) is -3.61. The highest BCUT2D eigenvalue weighted by molar-refractivity contribution is 7.90. The molecule has 91 heavy (non-hydrogen) atoms. The van der Waals surface area contributed by atoms with E-state index >= 15 is 0 Å². The van der Waals surface area contributed by atoms with Crippen LogP contribution in [0.4, 0.5) is 21.0 Å². The summed E-state index contributed by atoms with van der Waals surface area (Å²) in [5, 5.41) is 26.2. The van der Waals surface area contributed by atoms with Gasteiger partial charge in [0.2, 0.25) is 44.5 Å². The first kappa shape index (κ1) is 76.9. The smallest absolute Gasteiger partial charge is 0.429 e. The molecule has 3 rings (SSSR count). The fourth-order valence-corrected chi connectivity index (χ4v) is 7.90. The number of nitrogens with zero attached hydrogens (tertiary/aromatic N) is 3. The molecule has 33 heteroatoms. The van der Waals surface area contributed by atoms with Crippen LogP contribution in [0, 0.1) is 27.9 Å². The maximum atomic E-state index is 14.0. The number of urea groups is 1. The number of benzene rings is 2. The van der Waals surface area contributed by atoms with Crippen molar-refractivity contribution in [3.8, 4) is 17.6 Å². The van der Waals surface area contributed by atoms with E-state index in [4.69, 9.17) is 53.1 Å². The summed E-state index contributed by atoms with van der Waals surface area (Å²) in [6, 6.07) is 6.18. The Labute approximate surface area is 527 Å². The number of anilines is 1. The fourth-order valence-electron chi connectivity index (χ4n) is 7.41. The molecule has 0 fully saturated rings. The minimum absolute atomic E-state index is 0.00511. The number of primary amides is 1. The minimum Gasteiger partial charge on any atom is -0.429 e. The number of hydrogen-bond donors (Lipinski definition) is 7. The molecule has 3 aromatic rings. The largest absolute Gasteiger partial charge is 0.514 e. The number of sulfone groups is 1. The van der Waals surface area contributed by atoms with Crippen LogP contribution >= 0.6 is 0 Å². The molecule has 8 N–H and O–H groups in total. The summed E-state index contributed by atoms with van der Waals surface area (Å²) in [6.45, 7) is 7.99. The summed E-state index contributed by atoms with van der Waals surface area (Å²) in [5.41, 5.74) is 6.15. The van der Waals surface area contributed by atoms with Crippen LogP contribution in [-0.4, -0.2) is 214 Å². The molecule has 0 radical (unpaired) electrons. The van der Waals surface area contributed by atoms with E-state index in [9.17, 15) is 56.9 Å². The molecule has 0 aliphatic heterocycles. The van der Waals surface area contributed by atoms with Crippen molar-refractivity contribution in [2.24, 2.45) is 11.7 Å². The first-order valence-corrected chi connectivity index (χ1v) is 30.9. The predicted octanol–water partition coefficient (Wildman–Crippen LogP) is 1.06. The van der Waals surface area contributed by atoms with Crippen LogP contribution in [0.15, 0.2) is 66.1 Å². The number of rotatable bonds is 48. The number of carbonyl (C=O) groups is 8. The van der Waals surface area contributed by atoms with Crippen LogP contribution in [0.3, 0.4) is 0 Å². The van der Waals surface area contributed by atoms with Gasteiger partial charge in [0.1, 0.15) is 43.4 Å². The molecule has 0 saturated carbocycles. The van der Waals surface area contributed by atoms with Gasteiger partial charge in [0.05, 0.1) is 116 Å². The van der Waals surface area contributed by atoms with Crippen LogP contribution in [0.1, 0.15) is 63.5 Å². The number of aromatic nitrogens is 2. The number of aldehydes is 1. The van der Waals surface area contributed by atoms with E-state index < -0.39 is 86.9 Å². The number of nitrogens with two attached hydrogens (primary N) is 1. The lowest BCUT2D eigenvalue weighted by atomic mass is 10.0. The van der Waals surface area contributed by atoms with Gasteiger partial charge < -0.3 is 89.8 Å². The molecular weight excluding hydrogens is 1220 g/mol. The van der Waals surface area contributed by atoms with Gasteiger partial charge in [0.15, 0.2) is 0 Å². The zero-order valence-corrected chi connectivity index (χ0v) is 52.0. The molecule has 2 aromatic carbocycles. The average molecular weight is 1300 g/mol. The molecule has 0 unspecified atom stereocenters. The van der Waals surface area contributed by atoms with Crippen LogP contribution in [-0.2, 0) is 87.8 Å². The molecule has 0 saturated heterocycles. The van der Waals surface area contributed by atoms with Crippen molar-refractivity contribution in [2.45, 2.75) is 82.3 Å². The third-order valence-corrected chi connectivity index (χ3v) is 12.8. The van der Waals surface area contributed by atoms with E-state index in [-0.39, 0.29) is 107 Å². The Morgan fingerprint density at radius 3 is 1.73 bits per heavy atom. The number of non-ortho nitro benzene ring substituents is 1. The first-order valence-electron chi connectivity index (χ1n) is 29.0. The number of amides is 7. The topological polar surface area (TPSA) is 430 Å². The number of hydrogen-bond acceptors (Lipinski definition) is 24. The van der Waals surface area contributed by atoms with Crippen molar-refractivity contribution in [2.75, 3.05) is 130 Å². The van der Waals surface area contributed by atoms with Crippen molar-refractivity contribution in [1.29, 1.82) is 0 Å². The highest BCUT2D eigenvalue weighted by Crippen LogP contribution is 2.19. The highest BCUT2D eigenvalue weighted by Gasteiger charge is 2.31. The minimum atomic E-state index is -3.61. The predicted molar refractivity (Wildman–Crippen MR) is 323 cm³/mol. The van der Waals surface area contributed by atoms with Gasteiger partial charge in [-0.1, -0.05) is 37.8 Å². The number of carbonyl (C=O) groups excluding carboxylic acids is 8. The van der Waals surface area contributed by atoms with Crippen molar-refractivity contribution in [3.63, 3.8) is 0 Å². The third kappa shape index (κ3) is 36.2. The quantitative estimate of drug-likeness (QED) is 0.00607. The van der Waals surface area contributed by atoms with Gasteiger partial charge in [0.25, 0.3) is 5.69 Å². The normalized spacial score (nSPS) is 12.0. The fraction of sp³-hybridized carbons (Fsp3) is 0.552. The van der Waals surface area contributed by atoms with Gasteiger partial charge in [-0.15, -0.1) is 0 Å². The van der Waals surface area contributed by atoms with Gasteiger partial charge in [-0.2, -0.15) is 0 Å². The summed E-state index contributed by atoms with van der Waals surface area (Å²) in [6.07, 6.45) is 2.97. The van der Waals surface area contributed by atoms with E-state index in [0.717, 1.165) is 18.4 Å². The Kier molecular flexibility index (Phi) is 38.7. The zero-order chi connectivity index (χ0) is 66.5. The maximum Gasteiger partial charge on any atom is 0.514 e. The first-order chi connectivity index (χ1) is 43.7. The van der Waals surface area contributed by atoms with Crippen LogP contribution < -0.4 is 42.4 Å². The van der Waals surface area contributed by atoms with Crippen LogP contribution in [0.5, 0.6) is 5.75 Å². The Morgan fingerprint density at radius 2 is 1.21 bits per heavy atom. The second-order valence-corrected chi connectivity index (χ2v) is 21.6. The van der Waals surface area contributed by atoms with E-state index in [1.807, 2.05) is 0 Å². The van der Waals surface area contributed by atoms with E-state index in [2.05, 4.69) is 53.7 Å². The SMILES string of the molecule is CC(C)[C@H](NC(=O)C[C@H](NC(=O)CCCC#Cc1cnc(S(C)(=O)=O)nc1)C(=O)NCCOCCOCCOCCOCCOCCOCCOCCOCC=O)C(=O)N[C@@H](CCCNC(N)=O)C(=O)Nc1ccc(COC(=O)Oc2ccc([N+](=O)[O-])cc2)cc1. The molecule has 0 bridgehead atoms. The number of nitrogens with one attached hydrogen (secondary N) is 6. The monoisotopic (exact) mass is 1300 g/mol. The maximum absolute atomic E-state index is 14.0. The summed E-state index contributed by atoms with van der Waals surface area (Å²) < 4.78 is 76.8. The molecular formula is C58H82N10O22S. The standard InChI is InChI=1S/C58H82N10O22S/c1-42(2)52(55(74)66-48(9-7-19-61-56(59)75)54(73)64-45-13-11-43(12-14-45)41-89-58(76)90-47-17-15-46(16-18-47)68(77)78)67-51(71)38-49(65-50(70)10-6-4-5-8-44-39-62-57(63-40-44)91(3,79)80)53(72)60-20-22-81-24-26-83-28-30-85-32-34-87-36-37-88-35-33-86-31-29-84-27-25-82-23-21-69/h11-18,21,39-40,42,48-49,52H,4,6-7,9-10,19-20,22-38,41H2,1-3H3,(H,60,72)(H,64,73)(H,65,70)(H,66,74)(H,67,71)(H3,59,61,75)/t48-,49-,52-/m0/s1. The number of nitro benzene ring substituents is 1. The van der Waals surface area contributed by atoms with Crippen molar-refractivity contribution in [1.82, 2.24) is 36.6 Å². The second-order valence-electron chi connectivity index (χ2n) is 19.7. The number of ether oxygens (including phenoxy) is 10. The average Bonchev–Trinajstić information content (AvgIpc) is 2.00. The van der Waals surface area contributed by atoms with Gasteiger partial charge in [-0.25, -0.2) is 28.0 Å². The van der Waals surface area contributed by atoms with Gasteiger partial charge in [0, 0.05) is 62.4 Å². The Bertz CT molecular complexity index is 2880. The molecule has 502 valence electrons. The van der Waals surface area contributed by atoms with E-state index in [1.54, 1.807) is 26.0 Å². The van der Waals surface area contributed by atoms with Crippen molar-refractivity contribution >= 4 is 69.2 Å². The molecule has 3 atom stereocenters. The second kappa shape index (κ2) is 45.8. The lowest BCUT2D eigenvalue weighted by Gasteiger charge is -2.26. The Balaban J connectivity index is 1.50. The summed E-state index contributed by atoms with van der Waals surface area (Å²) >= 11 is 0. The lowest BCUT2D eigenvalue weighted by Crippen LogP contribution is -2.56. The molecule has 0 spiro atoms. The van der Waals surface area contributed by atoms with Gasteiger partial charge in [-0.3, -0.25) is 34.1 Å². The number of unbranched alkanes of at least 4 members (excludes halogenated alkanes) is 1. The van der Waals surface area contributed by atoms with E-state index in [0.29, 0.717) is 90.1 Å². The van der Waals surface area contributed by atoms with E-state index in [1.165, 1.54) is 36.7 Å². The third-order valence-electron chi connectivity index (χ3n) is 12.0. The number of nitro groups is 1. The molecule has 1 aromatic heterocycles. The van der Waals surface area contributed by atoms with Gasteiger partial charge in [-0.05, 0) is 55.0 Å². The molecule has 7 amide bonds. The molecule has 32 nitrogen and oxygen atoms in total. The zero-order valence-electron chi connectivity index (χ0n) is 51.1. The summed E-state index contributed by atoms with van der Waals surface area (Å²) in [5.74, 6) is 1.52.